The molecule has 0 aromatic carbocycles. The Morgan fingerprint density at radius 3 is 2.60 bits per heavy atom. The molecule has 8 nitrogen and oxygen atoms in total. The summed E-state index contributed by atoms with van der Waals surface area (Å²) in [6.45, 7) is 5.81. The van der Waals surface area contributed by atoms with Crippen LogP contribution in [0.2, 0.25) is 0 Å². The average Bonchev–Trinajstić information content (AvgIpc) is 3.16. The first-order valence-corrected chi connectivity index (χ1v) is 13.3. The summed E-state index contributed by atoms with van der Waals surface area (Å²) in [7, 11) is 0. The van der Waals surface area contributed by atoms with E-state index >= 15 is 0 Å². The number of fused-ring (bicyclic) bond motifs is 2. The fraction of sp³-hybridized carbons (Fsp3) is 0.741. The maximum Gasteiger partial charge on any atom is 0.313 e. The van der Waals surface area contributed by atoms with Crippen LogP contribution in [0.15, 0.2) is 24.3 Å². The number of allylic oxidation sites excluding steroid dienone is 1. The van der Waals surface area contributed by atoms with Crippen LogP contribution in [0.25, 0.3) is 0 Å². The van der Waals surface area contributed by atoms with Crippen molar-refractivity contribution >= 4 is 17.8 Å². The number of carbonyl (C=O) groups is 3. The first kappa shape index (κ1) is 25.9. The molecule has 4 rings (SSSR count). The van der Waals surface area contributed by atoms with Crippen molar-refractivity contribution in [2.24, 2.45) is 11.8 Å². The van der Waals surface area contributed by atoms with Gasteiger partial charge in [-0.2, -0.15) is 0 Å². The number of ether oxygens (including phenoxy) is 2. The largest absolute Gasteiger partial charge is 0.465 e. The summed E-state index contributed by atoms with van der Waals surface area (Å²) in [5.41, 5.74) is -2.26. The molecule has 1 unspecified atom stereocenters. The maximum absolute atomic E-state index is 14.0. The van der Waals surface area contributed by atoms with Gasteiger partial charge in [0.2, 0.25) is 11.8 Å². The van der Waals surface area contributed by atoms with E-state index in [1.165, 1.54) is 0 Å². The second kappa shape index (κ2) is 10.8. The molecule has 0 aliphatic carbocycles. The molecule has 194 valence electrons. The lowest BCUT2D eigenvalue weighted by Gasteiger charge is -2.37. The summed E-state index contributed by atoms with van der Waals surface area (Å²) in [6.07, 6.45) is 14.2. The van der Waals surface area contributed by atoms with Crippen LogP contribution in [0.3, 0.4) is 0 Å². The summed E-state index contributed by atoms with van der Waals surface area (Å²) in [5.74, 6) is -2.41. The summed E-state index contributed by atoms with van der Waals surface area (Å²) < 4.78 is 12.4. The highest BCUT2D eigenvalue weighted by molar-refractivity contribution is 5.99. The van der Waals surface area contributed by atoms with Crippen LogP contribution in [-0.4, -0.2) is 82.8 Å². The van der Waals surface area contributed by atoms with Crippen LogP contribution >= 0.6 is 0 Å². The molecule has 8 heteroatoms. The number of likely N-dealkylation sites (tertiary alicyclic amines) is 1. The smallest absolute Gasteiger partial charge is 0.313 e. The van der Waals surface area contributed by atoms with E-state index in [1.807, 2.05) is 36.1 Å². The molecule has 0 aromatic rings. The van der Waals surface area contributed by atoms with Gasteiger partial charge in [-0.1, -0.05) is 37.6 Å². The van der Waals surface area contributed by atoms with E-state index < -0.39 is 35.0 Å². The second-order valence-corrected chi connectivity index (χ2v) is 10.4. The molecule has 0 bridgehead atoms. The predicted molar refractivity (Wildman–Crippen MR) is 130 cm³/mol. The number of nitrogens with zero attached hydrogens (tertiary/aromatic N) is 2. The molecule has 2 amide bonds. The zero-order chi connectivity index (χ0) is 25.1. The zero-order valence-corrected chi connectivity index (χ0v) is 21.1. The van der Waals surface area contributed by atoms with Gasteiger partial charge in [-0.15, -0.1) is 0 Å². The summed E-state index contributed by atoms with van der Waals surface area (Å²) in [4.78, 5) is 44.9. The predicted octanol–water partition coefficient (Wildman–Crippen LogP) is 2.60. The fourth-order valence-corrected chi connectivity index (χ4v) is 6.20. The summed E-state index contributed by atoms with van der Waals surface area (Å²) in [5, 5.41) is 9.18. The highest BCUT2D eigenvalue weighted by atomic mass is 16.6. The van der Waals surface area contributed by atoms with Crippen molar-refractivity contribution in [2.75, 3.05) is 32.8 Å². The Hall–Kier alpha value is -2.19. The number of carbonyl (C=O) groups excluding carboxylic acids is 3. The third-order valence-electron chi connectivity index (χ3n) is 7.92. The van der Waals surface area contributed by atoms with Gasteiger partial charge >= 0.3 is 5.97 Å². The molecule has 5 atom stereocenters. The Bertz CT molecular complexity index is 872. The molecular formula is C27H40N2O6. The molecule has 4 aliphatic rings. The Morgan fingerprint density at radius 2 is 1.83 bits per heavy atom. The number of rotatable bonds is 8. The third kappa shape index (κ3) is 4.67. The van der Waals surface area contributed by atoms with Gasteiger partial charge in [-0.05, 0) is 51.9 Å². The van der Waals surface area contributed by atoms with Gasteiger partial charge in [0, 0.05) is 26.2 Å². The topological polar surface area (TPSA) is 96.4 Å². The number of amides is 2. The van der Waals surface area contributed by atoms with Crippen LogP contribution < -0.4 is 0 Å². The van der Waals surface area contributed by atoms with Crippen LogP contribution in [0.4, 0.5) is 0 Å². The highest BCUT2D eigenvalue weighted by Gasteiger charge is 2.74. The van der Waals surface area contributed by atoms with Gasteiger partial charge in [0.15, 0.2) is 0 Å². The quantitative estimate of drug-likeness (QED) is 0.321. The third-order valence-corrected chi connectivity index (χ3v) is 7.92. The lowest BCUT2D eigenvalue weighted by atomic mass is 9.74. The standard InChI is InChI=1S/C27H40N2O6/c1-3-4-15-28-16-12-14-27-20(23(31)29(22(27)24(28)32)17-9-7-10-18-30)21-25(33)34-19-11-6-5-8-13-26(21,2)35-27/h8,12-14,20-22,30H,3-7,9-11,15-19H2,1-2H3/b13-8-/t20-,21-,22?,26+,27-/m0/s1. The SMILES string of the molecule is CCCCN1CC=C[C@]23O[C@]4(C)/C=C\CCCCOC(=O)[C@@H]4[C@H]2C(=O)N(CCCCCO)C3C1=O. The van der Waals surface area contributed by atoms with Crippen molar-refractivity contribution in [1.29, 1.82) is 0 Å². The number of hydrogen-bond donors (Lipinski definition) is 1. The lowest BCUT2D eigenvalue weighted by Crippen LogP contribution is -2.56. The molecule has 0 saturated carbocycles. The molecule has 4 aliphatic heterocycles. The number of aliphatic hydroxyl groups is 1. The minimum atomic E-state index is -1.22. The minimum absolute atomic E-state index is 0.0954. The molecule has 1 N–H and O–H groups in total. The Labute approximate surface area is 208 Å². The van der Waals surface area contributed by atoms with E-state index in [0.717, 1.165) is 38.5 Å². The van der Waals surface area contributed by atoms with Crippen LogP contribution in [-0.2, 0) is 23.9 Å². The van der Waals surface area contributed by atoms with Crippen LogP contribution in [0, 0.1) is 11.8 Å². The van der Waals surface area contributed by atoms with Gasteiger partial charge in [0.05, 0.1) is 18.1 Å². The van der Waals surface area contributed by atoms with Crippen molar-refractivity contribution in [3.63, 3.8) is 0 Å². The molecule has 4 heterocycles. The zero-order valence-electron chi connectivity index (χ0n) is 21.1. The molecule has 2 saturated heterocycles. The Kier molecular flexibility index (Phi) is 8.01. The molecule has 2 fully saturated rings. The number of hydrogen-bond acceptors (Lipinski definition) is 6. The van der Waals surface area contributed by atoms with Crippen molar-refractivity contribution in [2.45, 2.75) is 82.5 Å². The van der Waals surface area contributed by atoms with E-state index in [-0.39, 0.29) is 18.4 Å². The summed E-state index contributed by atoms with van der Waals surface area (Å²) in [6, 6.07) is -0.819. The highest BCUT2D eigenvalue weighted by Crippen LogP contribution is 2.57. The van der Waals surface area contributed by atoms with E-state index in [2.05, 4.69) is 6.92 Å². The molecule has 35 heavy (non-hydrogen) atoms. The first-order valence-electron chi connectivity index (χ1n) is 13.3. The Balaban J connectivity index is 1.76. The normalized spacial score (nSPS) is 35.9. The lowest BCUT2D eigenvalue weighted by molar-refractivity contribution is -0.160. The number of cyclic esters (lactones) is 1. The number of aliphatic hydroxyl groups excluding tert-OH is 1. The minimum Gasteiger partial charge on any atom is -0.465 e. The van der Waals surface area contributed by atoms with Gasteiger partial charge in [-0.3, -0.25) is 14.4 Å². The summed E-state index contributed by atoms with van der Waals surface area (Å²) >= 11 is 0. The maximum atomic E-state index is 14.0. The average molecular weight is 489 g/mol. The van der Waals surface area contributed by atoms with Crippen molar-refractivity contribution in [3.8, 4) is 0 Å². The van der Waals surface area contributed by atoms with Gasteiger partial charge in [0.1, 0.15) is 17.6 Å². The number of esters is 1. The molecule has 0 radical (unpaired) electrons. The van der Waals surface area contributed by atoms with Crippen molar-refractivity contribution < 1.29 is 29.0 Å². The van der Waals surface area contributed by atoms with Gasteiger partial charge in [-0.25, -0.2) is 0 Å². The first-order chi connectivity index (χ1) is 16.9. The van der Waals surface area contributed by atoms with Crippen molar-refractivity contribution in [1.82, 2.24) is 9.80 Å². The van der Waals surface area contributed by atoms with Crippen LogP contribution in [0.1, 0.15) is 65.2 Å². The number of unbranched alkanes of at least 4 members (excludes halogenated alkanes) is 3. The molecule has 0 aromatic heterocycles. The molecule has 1 spiro atoms. The second-order valence-electron chi connectivity index (χ2n) is 10.4. The van der Waals surface area contributed by atoms with E-state index in [4.69, 9.17) is 9.47 Å². The van der Waals surface area contributed by atoms with Gasteiger partial charge < -0.3 is 24.4 Å². The monoisotopic (exact) mass is 488 g/mol. The van der Waals surface area contributed by atoms with Gasteiger partial charge in [0.25, 0.3) is 0 Å². The van der Waals surface area contributed by atoms with E-state index in [9.17, 15) is 19.5 Å². The molecular weight excluding hydrogens is 448 g/mol. The fourth-order valence-electron chi connectivity index (χ4n) is 6.20. The van der Waals surface area contributed by atoms with Crippen molar-refractivity contribution in [3.05, 3.63) is 24.3 Å². The van der Waals surface area contributed by atoms with E-state index in [1.54, 1.807) is 4.90 Å². The Morgan fingerprint density at radius 1 is 1.00 bits per heavy atom. The van der Waals surface area contributed by atoms with E-state index in [0.29, 0.717) is 39.1 Å². The van der Waals surface area contributed by atoms with Crippen LogP contribution in [0.5, 0.6) is 0 Å².